The zero-order valence-corrected chi connectivity index (χ0v) is 10.9. The van der Waals surface area contributed by atoms with Gasteiger partial charge in [0.1, 0.15) is 5.76 Å². The van der Waals surface area contributed by atoms with Crippen molar-refractivity contribution >= 4 is 22.6 Å². The molecular weight excluding hydrogens is 241 g/mol. The molecule has 0 aliphatic carbocycles. The summed E-state index contributed by atoms with van der Waals surface area (Å²) >= 11 is 5.76. The summed E-state index contributed by atoms with van der Waals surface area (Å²) in [5.74, 6) is 0.576. The molecule has 0 aliphatic rings. The quantitative estimate of drug-likeness (QED) is 0.894. The van der Waals surface area contributed by atoms with Crippen molar-refractivity contribution in [3.63, 3.8) is 0 Å². The van der Waals surface area contributed by atoms with Crippen LogP contribution in [-0.2, 0) is 6.54 Å². The zero-order chi connectivity index (χ0) is 12.6. The van der Waals surface area contributed by atoms with Gasteiger partial charge in [-0.3, -0.25) is 0 Å². The molecule has 2 nitrogen and oxygen atoms in total. The number of nitrogens with one attached hydrogen (secondary N) is 1. The minimum absolute atomic E-state index is 0.0950. The Balaban J connectivity index is 2.74. The van der Waals surface area contributed by atoms with E-state index in [1.165, 1.54) is 0 Å². The molecule has 0 saturated heterocycles. The van der Waals surface area contributed by atoms with Crippen LogP contribution in [0.3, 0.4) is 0 Å². The zero-order valence-electron chi connectivity index (χ0n) is 10.1. The highest BCUT2D eigenvalue weighted by molar-refractivity contribution is 6.31. The van der Waals surface area contributed by atoms with Gasteiger partial charge in [-0.05, 0) is 25.1 Å². The molecule has 2 rings (SSSR count). The van der Waals surface area contributed by atoms with Gasteiger partial charge in [-0.15, -0.1) is 0 Å². The van der Waals surface area contributed by atoms with Crippen molar-refractivity contribution in [3.8, 4) is 0 Å². The van der Waals surface area contributed by atoms with Gasteiger partial charge in [0, 0.05) is 10.9 Å². The fraction of sp³-hybridized carbons (Fsp3) is 0.385. The summed E-state index contributed by atoms with van der Waals surface area (Å²) in [4.78, 5) is 0. The maximum atomic E-state index is 13.8. The molecule has 0 spiro atoms. The average Bonchev–Trinajstić information content (AvgIpc) is 2.63. The van der Waals surface area contributed by atoms with Crippen LogP contribution in [0.1, 0.15) is 31.1 Å². The van der Waals surface area contributed by atoms with E-state index in [1.807, 2.05) is 13.1 Å². The SMILES string of the molecule is CNCc1oc2c(F)c(Cl)ccc2c1C(C)C. The van der Waals surface area contributed by atoms with Crippen LogP contribution in [0, 0.1) is 5.82 Å². The molecule has 0 fully saturated rings. The van der Waals surface area contributed by atoms with E-state index in [-0.39, 0.29) is 16.5 Å². The van der Waals surface area contributed by atoms with E-state index in [4.69, 9.17) is 16.0 Å². The van der Waals surface area contributed by atoms with E-state index < -0.39 is 5.82 Å². The van der Waals surface area contributed by atoms with Gasteiger partial charge in [0.25, 0.3) is 0 Å². The first kappa shape index (κ1) is 12.4. The first-order valence-electron chi connectivity index (χ1n) is 5.60. The molecule has 1 heterocycles. The summed E-state index contributed by atoms with van der Waals surface area (Å²) in [6, 6.07) is 3.39. The van der Waals surface area contributed by atoms with E-state index in [2.05, 4.69) is 19.2 Å². The Morgan fingerprint density at radius 2 is 2.12 bits per heavy atom. The molecule has 0 amide bonds. The van der Waals surface area contributed by atoms with Gasteiger partial charge in [-0.25, -0.2) is 4.39 Å². The number of rotatable bonds is 3. The van der Waals surface area contributed by atoms with Crippen molar-refractivity contribution in [2.75, 3.05) is 7.05 Å². The Labute approximate surface area is 105 Å². The predicted octanol–water partition coefficient (Wildman–Crippen LogP) is 4.07. The van der Waals surface area contributed by atoms with Crippen molar-refractivity contribution in [1.82, 2.24) is 5.32 Å². The first-order chi connectivity index (χ1) is 8.06. The van der Waals surface area contributed by atoms with Crippen molar-refractivity contribution in [2.24, 2.45) is 0 Å². The highest BCUT2D eigenvalue weighted by atomic mass is 35.5. The number of benzene rings is 1. The van der Waals surface area contributed by atoms with Crippen LogP contribution in [0.15, 0.2) is 16.5 Å². The van der Waals surface area contributed by atoms with E-state index >= 15 is 0 Å². The summed E-state index contributed by atoms with van der Waals surface area (Å²) in [7, 11) is 1.83. The fourth-order valence-corrected chi connectivity index (χ4v) is 2.25. The van der Waals surface area contributed by atoms with Crippen LogP contribution in [0.2, 0.25) is 5.02 Å². The Bertz CT molecular complexity index is 548. The van der Waals surface area contributed by atoms with Crippen LogP contribution in [0.4, 0.5) is 4.39 Å². The molecule has 1 aromatic heterocycles. The third-order valence-electron chi connectivity index (χ3n) is 2.78. The second-order valence-corrected chi connectivity index (χ2v) is 4.77. The average molecular weight is 256 g/mol. The molecule has 0 aliphatic heterocycles. The van der Waals surface area contributed by atoms with Crippen LogP contribution in [0.5, 0.6) is 0 Å². The minimum atomic E-state index is -0.478. The normalized spacial score (nSPS) is 11.6. The molecule has 17 heavy (non-hydrogen) atoms. The molecule has 1 N–H and O–H groups in total. The van der Waals surface area contributed by atoms with Crippen molar-refractivity contribution in [3.05, 3.63) is 34.3 Å². The molecule has 0 unspecified atom stereocenters. The van der Waals surface area contributed by atoms with Crippen LogP contribution in [0.25, 0.3) is 11.0 Å². The van der Waals surface area contributed by atoms with E-state index in [0.717, 1.165) is 16.7 Å². The number of hydrogen-bond acceptors (Lipinski definition) is 2. The molecule has 0 saturated carbocycles. The van der Waals surface area contributed by atoms with E-state index in [9.17, 15) is 4.39 Å². The molecule has 2 aromatic rings. The monoisotopic (exact) mass is 255 g/mol. The second kappa shape index (κ2) is 4.67. The lowest BCUT2D eigenvalue weighted by Gasteiger charge is -2.05. The third-order valence-corrected chi connectivity index (χ3v) is 3.07. The number of fused-ring (bicyclic) bond motifs is 1. The topological polar surface area (TPSA) is 25.2 Å². The predicted molar refractivity (Wildman–Crippen MR) is 68.0 cm³/mol. The molecule has 4 heteroatoms. The summed E-state index contributed by atoms with van der Waals surface area (Å²) < 4.78 is 19.4. The lowest BCUT2D eigenvalue weighted by molar-refractivity contribution is 0.499. The molecular formula is C13H15ClFNO. The van der Waals surface area contributed by atoms with Gasteiger partial charge in [-0.2, -0.15) is 0 Å². The molecule has 92 valence electrons. The lowest BCUT2D eigenvalue weighted by atomic mass is 9.99. The first-order valence-corrected chi connectivity index (χ1v) is 5.98. The highest BCUT2D eigenvalue weighted by Crippen LogP contribution is 2.35. The largest absolute Gasteiger partial charge is 0.456 e. The van der Waals surface area contributed by atoms with Gasteiger partial charge < -0.3 is 9.73 Å². The van der Waals surface area contributed by atoms with E-state index in [1.54, 1.807) is 6.07 Å². The standard InChI is InChI=1S/C13H15ClFNO/c1-7(2)11-8-4-5-9(14)12(15)13(8)17-10(11)6-16-3/h4-5,7,16H,6H2,1-3H3. The maximum Gasteiger partial charge on any atom is 0.184 e. The summed E-state index contributed by atoms with van der Waals surface area (Å²) in [5, 5.41) is 3.93. The Morgan fingerprint density at radius 3 is 2.71 bits per heavy atom. The number of hydrogen-bond donors (Lipinski definition) is 1. The van der Waals surface area contributed by atoms with Crippen LogP contribution in [-0.4, -0.2) is 7.05 Å². The molecule has 1 aromatic carbocycles. The van der Waals surface area contributed by atoms with Crippen LogP contribution >= 0.6 is 11.6 Å². The van der Waals surface area contributed by atoms with E-state index in [0.29, 0.717) is 6.54 Å². The molecule has 0 radical (unpaired) electrons. The van der Waals surface area contributed by atoms with Crippen molar-refractivity contribution in [2.45, 2.75) is 26.3 Å². The fourth-order valence-electron chi connectivity index (χ4n) is 2.10. The van der Waals surface area contributed by atoms with Crippen molar-refractivity contribution < 1.29 is 8.81 Å². The Morgan fingerprint density at radius 1 is 1.41 bits per heavy atom. The number of halogens is 2. The van der Waals surface area contributed by atoms with Crippen LogP contribution < -0.4 is 5.32 Å². The van der Waals surface area contributed by atoms with Gasteiger partial charge in [0.2, 0.25) is 0 Å². The Hall–Kier alpha value is -1.06. The number of furan rings is 1. The van der Waals surface area contributed by atoms with Gasteiger partial charge >= 0.3 is 0 Å². The third kappa shape index (κ3) is 2.05. The lowest BCUT2D eigenvalue weighted by Crippen LogP contribution is -2.06. The molecule has 0 bridgehead atoms. The Kier molecular flexibility index (Phi) is 3.40. The van der Waals surface area contributed by atoms with Gasteiger partial charge in [-0.1, -0.05) is 25.4 Å². The smallest absolute Gasteiger partial charge is 0.184 e. The highest BCUT2D eigenvalue weighted by Gasteiger charge is 2.20. The van der Waals surface area contributed by atoms with Gasteiger partial charge in [0.05, 0.1) is 11.6 Å². The second-order valence-electron chi connectivity index (χ2n) is 4.36. The summed E-state index contributed by atoms with van der Waals surface area (Å²) in [6.07, 6.45) is 0. The molecule has 0 atom stereocenters. The summed E-state index contributed by atoms with van der Waals surface area (Å²) in [6.45, 7) is 4.71. The minimum Gasteiger partial charge on any atom is -0.456 e. The summed E-state index contributed by atoms with van der Waals surface area (Å²) in [5.41, 5.74) is 1.30. The maximum absolute atomic E-state index is 13.8. The van der Waals surface area contributed by atoms with Crippen molar-refractivity contribution in [1.29, 1.82) is 0 Å². The van der Waals surface area contributed by atoms with Gasteiger partial charge in [0.15, 0.2) is 11.4 Å².